The molecule has 1 fully saturated rings. The molecule has 2 amide bonds. The predicted molar refractivity (Wildman–Crippen MR) is 99.2 cm³/mol. The van der Waals surface area contributed by atoms with E-state index in [1.165, 1.54) is 0 Å². The molecule has 0 aliphatic carbocycles. The number of nitrogens with zero attached hydrogens (tertiary/aromatic N) is 1. The molecule has 1 aromatic rings. The SMILES string of the molecule is Cc1ccc(N2CCCC2)c(C(=O)NCCNC(=O)OC(C)(C)C)c1. The van der Waals surface area contributed by atoms with Gasteiger partial charge in [0.1, 0.15) is 5.60 Å². The molecule has 1 saturated heterocycles. The monoisotopic (exact) mass is 347 g/mol. The third-order valence-electron chi connectivity index (χ3n) is 3.92. The molecule has 6 heteroatoms. The molecule has 2 rings (SSSR count). The van der Waals surface area contributed by atoms with Crippen LogP contribution >= 0.6 is 0 Å². The van der Waals surface area contributed by atoms with E-state index in [1.807, 2.05) is 45.9 Å². The van der Waals surface area contributed by atoms with E-state index in [2.05, 4.69) is 15.5 Å². The van der Waals surface area contributed by atoms with E-state index in [0.717, 1.165) is 37.2 Å². The first-order chi connectivity index (χ1) is 11.8. The van der Waals surface area contributed by atoms with Crippen molar-refractivity contribution < 1.29 is 14.3 Å². The number of nitrogens with one attached hydrogen (secondary N) is 2. The Kier molecular flexibility index (Phi) is 6.28. The van der Waals surface area contributed by atoms with Crippen molar-refractivity contribution in [3.63, 3.8) is 0 Å². The molecule has 1 aliphatic heterocycles. The zero-order valence-electron chi connectivity index (χ0n) is 15.6. The smallest absolute Gasteiger partial charge is 0.407 e. The van der Waals surface area contributed by atoms with Crippen molar-refractivity contribution in [2.45, 2.75) is 46.1 Å². The highest BCUT2D eigenvalue weighted by molar-refractivity contribution is 6.00. The maximum absolute atomic E-state index is 12.6. The van der Waals surface area contributed by atoms with Crippen LogP contribution < -0.4 is 15.5 Å². The van der Waals surface area contributed by atoms with Gasteiger partial charge in [-0.2, -0.15) is 0 Å². The van der Waals surface area contributed by atoms with Gasteiger partial charge in [-0.1, -0.05) is 11.6 Å². The van der Waals surface area contributed by atoms with Gasteiger partial charge in [0.25, 0.3) is 5.91 Å². The van der Waals surface area contributed by atoms with Gasteiger partial charge in [-0.15, -0.1) is 0 Å². The average molecular weight is 347 g/mol. The van der Waals surface area contributed by atoms with Crippen LogP contribution in [0, 0.1) is 6.92 Å². The van der Waals surface area contributed by atoms with Crippen molar-refractivity contribution in [2.75, 3.05) is 31.1 Å². The van der Waals surface area contributed by atoms with Crippen LogP contribution in [0.5, 0.6) is 0 Å². The summed E-state index contributed by atoms with van der Waals surface area (Å²) in [5.41, 5.74) is 2.21. The van der Waals surface area contributed by atoms with Crippen molar-refractivity contribution in [1.82, 2.24) is 10.6 Å². The highest BCUT2D eigenvalue weighted by atomic mass is 16.6. The summed E-state index contributed by atoms with van der Waals surface area (Å²) in [5.74, 6) is -0.114. The molecular weight excluding hydrogens is 318 g/mol. The number of rotatable bonds is 5. The zero-order chi connectivity index (χ0) is 18.4. The van der Waals surface area contributed by atoms with Gasteiger partial charge in [-0.25, -0.2) is 4.79 Å². The lowest BCUT2D eigenvalue weighted by Gasteiger charge is -2.22. The first-order valence-corrected chi connectivity index (χ1v) is 8.87. The number of benzene rings is 1. The molecule has 0 atom stereocenters. The van der Waals surface area contributed by atoms with Crippen LogP contribution in [0.15, 0.2) is 18.2 Å². The minimum atomic E-state index is -0.528. The number of aryl methyl sites for hydroxylation is 1. The van der Waals surface area contributed by atoms with Crippen LogP contribution in [0.2, 0.25) is 0 Å². The Balaban J connectivity index is 1.88. The molecule has 25 heavy (non-hydrogen) atoms. The Hall–Kier alpha value is -2.24. The quantitative estimate of drug-likeness (QED) is 0.804. The largest absolute Gasteiger partial charge is 0.444 e. The van der Waals surface area contributed by atoms with Crippen LogP contribution in [0.3, 0.4) is 0 Å². The number of ether oxygens (including phenoxy) is 1. The van der Waals surface area contributed by atoms with E-state index in [4.69, 9.17) is 4.74 Å². The normalized spacial score (nSPS) is 14.3. The van der Waals surface area contributed by atoms with Gasteiger partial charge in [0.15, 0.2) is 0 Å². The highest BCUT2D eigenvalue weighted by Crippen LogP contribution is 2.25. The van der Waals surface area contributed by atoms with E-state index in [9.17, 15) is 9.59 Å². The fourth-order valence-corrected chi connectivity index (χ4v) is 2.82. The summed E-state index contributed by atoms with van der Waals surface area (Å²) >= 11 is 0. The van der Waals surface area contributed by atoms with E-state index in [-0.39, 0.29) is 5.91 Å². The summed E-state index contributed by atoms with van der Waals surface area (Å²) in [6.45, 7) is 10.1. The summed E-state index contributed by atoms with van der Waals surface area (Å²) in [6.07, 6.45) is 1.85. The molecule has 1 aliphatic rings. The maximum atomic E-state index is 12.6. The van der Waals surface area contributed by atoms with Crippen molar-refractivity contribution in [3.05, 3.63) is 29.3 Å². The minimum Gasteiger partial charge on any atom is -0.444 e. The van der Waals surface area contributed by atoms with E-state index in [0.29, 0.717) is 18.7 Å². The lowest BCUT2D eigenvalue weighted by Crippen LogP contribution is -2.38. The van der Waals surface area contributed by atoms with Crippen LogP contribution in [-0.2, 0) is 4.74 Å². The molecular formula is C19H29N3O3. The number of carbonyl (C=O) groups excluding carboxylic acids is 2. The predicted octanol–water partition coefficient (Wildman–Crippen LogP) is 2.85. The Bertz CT molecular complexity index is 617. The lowest BCUT2D eigenvalue weighted by molar-refractivity contribution is 0.0526. The van der Waals surface area contributed by atoms with Gasteiger partial charge in [0, 0.05) is 31.9 Å². The summed E-state index contributed by atoms with van der Waals surface area (Å²) in [5, 5.41) is 5.51. The molecule has 0 unspecified atom stereocenters. The van der Waals surface area contributed by atoms with Crippen molar-refractivity contribution >= 4 is 17.7 Å². The Morgan fingerprint density at radius 1 is 1.12 bits per heavy atom. The van der Waals surface area contributed by atoms with Gasteiger partial charge >= 0.3 is 6.09 Å². The number of carbonyl (C=O) groups is 2. The van der Waals surface area contributed by atoms with Crippen molar-refractivity contribution in [1.29, 1.82) is 0 Å². The zero-order valence-corrected chi connectivity index (χ0v) is 15.6. The number of hydrogen-bond donors (Lipinski definition) is 2. The van der Waals surface area contributed by atoms with Crippen LogP contribution in [0.25, 0.3) is 0 Å². The summed E-state index contributed by atoms with van der Waals surface area (Å²) in [7, 11) is 0. The van der Waals surface area contributed by atoms with Gasteiger partial charge in [0.2, 0.25) is 0 Å². The van der Waals surface area contributed by atoms with Crippen LogP contribution in [0.4, 0.5) is 10.5 Å². The van der Waals surface area contributed by atoms with Gasteiger partial charge in [0.05, 0.1) is 5.56 Å². The second-order valence-corrected chi connectivity index (χ2v) is 7.40. The van der Waals surface area contributed by atoms with Crippen molar-refractivity contribution in [3.8, 4) is 0 Å². The van der Waals surface area contributed by atoms with Crippen molar-refractivity contribution in [2.24, 2.45) is 0 Å². The second-order valence-electron chi connectivity index (χ2n) is 7.40. The fraction of sp³-hybridized carbons (Fsp3) is 0.579. The molecule has 0 aromatic heterocycles. The van der Waals surface area contributed by atoms with E-state index in [1.54, 1.807) is 0 Å². The average Bonchev–Trinajstić information content (AvgIpc) is 3.03. The minimum absolute atomic E-state index is 0.114. The number of amides is 2. The van der Waals surface area contributed by atoms with Gasteiger partial charge < -0.3 is 20.3 Å². The molecule has 2 N–H and O–H groups in total. The van der Waals surface area contributed by atoms with Crippen LogP contribution in [0.1, 0.15) is 49.5 Å². The summed E-state index contributed by atoms with van der Waals surface area (Å²) in [6, 6.07) is 5.98. The first-order valence-electron chi connectivity index (χ1n) is 8.87. The maximum Gasteiger partial charge on any atom is 0.407 e. The summed E-state index contributed by atoms with van der Waals surface area (Å²) in [4.78, 5) is 26.4. The van der Waals surface area contributed by atoms with E-state index < -0.39 is 11.7 Å². The molecule has 6 nitrogen and oxygen atoms in total. The highest BCUT2D eigenvalue weighted by Gasteiger charge is 2.20. The second kappa shape index (κ2) is 8.23. The molecule has 0 spiro atoms. The summed E-state index contributed by atoms with van der Waals surface area (Å²) < 4.78 is 5.16. The molecule has 0 saturated carbocycles. The molecule has 0 radical (unpaired) electrons. The molecule has 1 aromatic carbocycles. The lowest BCUT2D eigenvalue weighted by atomic mass is 10.1. The third-order valence-corrected chi connectivity index (χ3v) is 3.92. The number of anilines is 1. The van der Waals surface area contributed by atoms with Gasteiger partial charge in [-0.3, -0.25) is 4.79 Å². The topological polar surface area (TPSA) is 70.7 Å². The standard InChI is InChI=1S/C19H29N3O3/c1-14-7-8-16(22-11-5-6-12-22)15(13-14)17(23)20-9-10-21-18(24)25-19(2,3)4/h7-8,13H,5-6,9-12H2,1-4H3,(H,20,23)(H,21,24). The molecule has 1 heterocycles. The molecule has 138 valence electrons. The first kappa shape index (κ1) is 19.1. The van der Waals surface area contributed by atoms with E-state index >= 15 is 0 Å². The Labute approximate surface area is 149 Å². The fourth-order valence-electron chi connectivity index (χ4n) is 2.82. The Morgan fingerprint density at radius 2 is 1.76 bits per heavy atom. The van der Waals surface area contributed by atoms with Crippen LogP contribution in [-0.4, -0.2) is 43.8 Å². The van der Waals surface area contributed by atoms with Gasteiger partial charge in [-0.05, 0) is 52.7 Å². The Morgan fingerprint density at radius 3 is 2.40 bits per heavy atom. The third kappa shape index (κ3) is 5.96. The number of alkyl carbamates (subject to hydrolysis) is 1. The number of hydrogen-bond acceptors (Lipinski definition) is 4. The molecule has 0 bridgehead atoms.